The summed E-state index contributed by atoms with van der Waals surface area (Å²) in [5.74, 6) is 0. The molecule has 0 aliphatic carbocycles. The van der Waals surface area contributed by atoms with Gasteiger partial charge in [0.05, 0.1) is 0 Å². The average Bonchev–Trinajstić information content (AvgIpc) is 1.61. The summed E-state index contributed by atoms with van der Waals surface area (Å²) < 4.78 is 22.4. The van der Waals surface area contributed by atoms with Crippen LogP contribution in [0.15, 0.2) is 0 Å². The second-order valence-electron chi connectivity index (χ2n) is 0.854. The van der Waals surface area contributed by atoms with Crippen molar-refractivity contribution in [2.24, 2.45) is 0 Å². The van der Waals surface area contributed by atoms with Crippen LogP contribution < -0.4 is 4.72 Å². The Morgan fingerprint density at radius 3 is 2.29 bits per heavy atom. The highest BCUT2D eigenvalue weighted by atomic mass is 127. The van der Waals surface area contributed by atoms with Gasteiger partial charge in [0, 0.05) is 11.0 Å². The normalized spacial score (nSPS) is 10.0. The van der Waals surface area contributed by atoms with Gasteiger partial charge in [-0.05, 0) is 0 Å². The lowest BCUT2D eigenvalue weighted by Crippen LogP contribution is -2.12. The molecule has 7 heavy (non-hydrogen) atoms. The lowest BCUT2D eigenvalue weighted by Gasteiger charge is -1.84. The number of rotatable bonds is 3. The monoisotopic (exact) mass is 235 g/mol. The average molecular weight is 235 g/mol. The maximum absolute atomic E-state index is 9.68. The van der Waals surface area contributed by atoms with E-state index in [1.165, 1.54) is 0 Å². The summed E-state index contributed by atoms with van der Waals surface area (Å²) >= 11 is 2.09. The van der Waals surface area contributed by atoms with E-state index < -0.39 is 10.9 Å². The Kier molecular flexibility index (Phi) is 5.23. The van der Waals surface area contributed by atoms with Crippen LogP contribution in [-0.4, -0.2) is 19.4 Å². The summed E-state index contributed by atoms with van der Waals surface area (Å²) in [7, 11) is -2.36. The lowest BCUT2D eigenvalue weighted by molar-refractivity contribution is 0.604. The first-order valence-electron chi connectivity index (χ1n) is 1.71. The van der Waals surface area contributed by atoms with Crippen LogP contribution in [0.3, 0.4) is 0 Å². The van der Waals surface area contributed by atoms with E-state index in [0.717, 1.165) is 4.43 Å². The first kappa shape index (κ1) is 7.64. The fraction of sp³-hybridized carbons (Fsp3) is 1.00. The molecule has 0 unspecified atom stereocenters. The van der Waals surface area contributed by atoms with Gasteiger partial charge in [-0.1, -0.05) is 22.6 Å². The van der Waals surface area contributed by atoms with Crippen molar-refractivity contribution in [1.29, 1.82) is 0 Å². The van der Waals surface area contributed by atoms with Crippen molar-refractivity contribution in [3.63, 3.8) is 0 Å². The maximum atomic E-state index is 9.68. The van der Waals surface area contributed by atoms with E-state index in [0.29, 0.717) is 6.54 Å². The van der Waals surface area contributed by atoms with Crippen molar-refractivity contribution in [2.45, 2.75) is 0 Å². The van der Waals surface area contributed by atoms with Crippen LogP contribution in [0.4, 0.5) is 0 Å². The number of halogens is 1. The fourth-order valence-corrected chi connectivity index (χ4v) is 1.12. The zero-order valence-corrected chi connectivity index (χ0v) is 6.61. The Hall–Kier alpha value is 0.640. The highest BCUT2D eigenvalue weighted by molar-refractivity contribution is 14.1. The minimum Gasteiger partial charge on any atom is -0.217 e. The molecule has 0 rings (SSSR count). The van der Waals surface area contributed by atoms with E-state index in [4.69, 9.17) is 0 Å². The fourth-order valence-electron chi connectivity index (χ4n) is 0.134. The molecule has 0 atom stereocenters. The second-order valence-corrected chi connectivity index (χ2v) is 2.76. The molecule has 0 saturated carbocycles. The predicted molar refractivity (Wildman–Crippen MR) is 37.2 cm³/mol. The summed E-state index contributed by atoms with van der Waals surface area (Å²) in [5.41, 5.74) is 0. The molecule has 0 aromatic heterocycles. The highest BCUT2D eigenvalue weighted by Crippen LogP contribution is 1.73. The van der Waals surface area contributed by atoms with Gasteiger partial charge in [-0.25, -0.2) is 13.1 Å². The van der Waals surface area contributed by atoms with Crippen LogP contribution in [0, 0.1) is 0 Å². The molecule has 0 aromatic carbocycles. The Morgan fingerprint density at radius 1 is 1.57 bits per heavy atom. The third-order valence-corrected chi connectivity index (χ3v) is 1.36. The maximum Gasteiger partial charge on any atom is 0.201 e. The standard InChI is InChI=1S/C2H6INO2S/c3-1-2-4-7(5)6/h7H,1-2H2,(H,4,5,6). The quantitative estimate of drug-likeness (QED) is 0.395. The summed E-state index contributed by atoms with van der Waals surface area (Å²) in [6.07, 6.45) is 0. The van der Waals surface area contributed by atoms with Gasteiger partial charge in [-0.2, -0.15) is 0 Å². The second kappa shape index (κ2) is 4.79. The van der Waals surface area contributed by atoms with Gasteiger partial charge in [0.2, 0.25) is 10.9 Å². The first-order valence-corrected chi connectivity index (χ1v) is 4.41. The van der Waals surface area contributed by atoms with Gasteiger partial charge in [-0.3, -0.25) is 0 Å². The van der Waals surface area contributed by atoms with E-state index in [1.54, 1.807) is 0 Å². The molecule has 0 saturated heterocycles. The molecule has 0 aromatic rings. The summed E-state index contributed by atoms with van der Waals surface area (Å²) in [6.45, 7) is 0.541. The number of thiol groups is 1. The Labute approximate surface area is 57.7 Å². The van der Waals surface area contributed by atoms with Gasteiger partial charge in [0.1, 0.15) is 0 Å². The van der Waals surface area contributed by atoms with Crippen LogP contribution >= 0.6 is 22.6 Å². The topological polar surface area (TPSA) is 46.2 Å². The minimum atomic E-state index is -2.36. The molecule has 0 radical (unpaired) electrons. The van der Waals surface area contributed by atoms with E-state index in [1.807, 2.05) is 0 Å². The van der Waals surface area contributed by atoms with E-state index in [9.17, 15) is 8.42 Å². The molecule has 0 bridgehead atoms. The largest absolute Gasteiger partial charge is 0.217 e. The van der Waals surface area contributed by atoms with Crippen LogP contribution in [0.1, 0.15) is 0 Å². The van der Waals surface area contributed by atoms with E-state index >= 15 is 0 Å². The third-order valence-electron chi connectivity index (χ3n) is 0.335. The summed E-state index contributed by atoms with van der Waals surface area (Å²) in [5, 5.41) is 0. The van der Waals surface area contributed by atoms with Crippen LogP contribution in [0.25, 0.3) is 0 Å². The van der Waals surface area contributed by atoms with Crippen molar-refractivity contribution in [3.8, 4) is 0 Å². The van der Waals surface area contributed by atoms with Crippen LogP contribution in [0.5, 0.6) is 0 Å². The highest BCUT2D eigenvalue weighted by Gasteiger charge is 1.78. The Bertz CT molecular complexity index is 93.9. The molecule has 0 heterocycles. The van der Waals surface area contributed by atoms with Gasteiger partial charge in [0.25, 0.3) is 0 Å². The first-order chi connectivity index (χ1) is 3.27. The molecule has 44 valence electrons. The predicted octanol–water partition coefficient (Wildman–Crippen LogP) is -0.463. The molecule has 0 aliphatic rings. The lowest BCUT2D eigenvalue weighted by atomic mass is 10.8. The van der Waals surface area contributed by atoms with E-state index in [2.05, 4.69) is 27.3 Å². The summed E-state index contributed by atoms with van der Waals surface area (Å²) in [6, 6.07) is 0. The number of hydrogen-bond acceptors (Lipinski definition) is 2. The van der Waals surface area contributed by atoms with E-state index in [-0.39, 0.29) is 0 Å². The number of alkyl halides is 1. The van der Waals surface area contributed by atoms with Crippen molar-refractivity contribution in [1.82, 2.24) is 4.72 Å². The molecular formula is C2H6INO2S. The van der Waals surface area contributed by atoms with Crippen molar-refractivity contribution in [3.05, 3.63) is 0 Å². The third kappa shape index (κ3) is 6.64. The van der Waals surface area contributed by atoms with Gasteiger partial charge < -0.3 is 0 Å². The molecule has 0 amide bonds. The smallest absolute Gasteiger partial charge is 0.201 e. The Morgan fingerprint density at radius 2 is 2.14 bits per heavy atom. The van der Waals surface area contributed by atoms with Gasteiger partial charge >= 0.3 is 0 Å². The van der Waals surface area contributed by atoms with Crippen molar-refractivity contribution < 1.29 is 8.42 Å². The van der Waals surface area contributed by atoms with Crippen LogP contribution in [0.2, 0.25) is 0 Å². The molecule has 0 fully saturated rings. The van der Waals surface area contributed by atoms with Crippen LogP contribution in [-0.2, 0) is 10.9 Å². The van der Waals surface area contributed by atoms with Gasteiger partial charge in [0.15, 0.2) is 0 Å². The molecule has 0 spiro atoms. The number of hydrogen-bond donors (Lipinski definition) is 2. The molecule has 3 nitrogen and oxygen atoms in total. The molecule has 0 aliphatic heterocycles. The van der Waals surface area contributed by atoms with Crippen molar-refractivity contribution >= 4 is 33.5 Å². The SMILES string of the molecule is O=[SH](=O)NCCI. The number of nitrogens with one attached hydrogen (secondary N) is 1. The molecule has 1 N–H and O–H groups in total. The Balaban J connectivity index is 2.98. The summed E-state index contributed by atoms with van der Waals surface area (Å²) in [4.78, 5) is 0. The molecular weight excluding hydrogens is 229 g/mol. The van der Waals surface area contributed by atoms with Gasteiger partial charge in [-0.15, -0.1) is 0 Å². The van der Waals surface area contributed by atoms with Crippen molar-refractivity contribution in [2.75, 3.05) is 11.0 Å². The zero-order chi connectivity index (χ0) is 5.70. The molecule has 5 heteroatoms. The zero-order valence-electron chi connectivity index (χ0n) is 3.56. The minimum absolute atomic E-state index is 0.541.